The van der Waals surface area contributed by atoms with Crippen molar-refractivity contribution in [2.45, 2.75) is 412 Å². The molecule has 0 radical (unpaired) electrons. The number of ether oxygens (including phenoxy) is 4. The highest BCUT2D eigenvalue weighted by Gasteiger charge is 2.30. The van der Waals surface area contributed by atoms with Gasteiger partial charge in [0, 0.05) is 25.7 Å². The second-order valence-electron chi connectivity index (χ2n) is 28.2. The number of esters is 4. The van der Waals surface area contributed by atoms with Gasteiger partial charge in [-0.3, -0.25) is 37.3 Å². The van der Waals surface area contributed by atoms with Crippen molar-refractivity contribution in [3.05, 3.63) is 24.3 Å². The fourth-order valence-electron chi connectivity index (χ4n) is 11.7. The third-order valence-electron chi connectivity index (χ3n) is 17.9. The predicted octanol–water partition coefficient (Wildman–Crippen LogP) is 23.2. The molecule has 3 N–H and O–H groups in total. The SMILES string of the molecule is CCCCCC/C=C\C=C/CCCCCCCC(=O)OC[C@H](COP(=O)(O)OC[C@@H](O)COP(=O)(O)OC[C@@H](COC(=O)CCCCCCCCCCC)OC(=O)CCCCCCCCCCCCCC(C)C)OC(=O)CCCCCCCCCCCCCCCCCCCCCC. The summed E-state index contributed by atoms with van der Waals surface area (Å²) in [6.45, 7) is 7.23. The second-order valence-corrected chi connectivity index (χ2v) is 31.2. The summed E-state index contributed by atoms with van der Waals surface area (Å²) in [6, 6.07) is 0. The zero-order chi connectivity index (χ0) is 71.9. The molecule has 17 nitrogen and oxygen atoms in total. The smallest absolute Gasteiger partial charge is 0.462 e. The fourth-order valence-corrected chi connectivity index (χ4v) is 13.3. The number of unbranched alkanes of at least 4 members (excludes halogenated alkanes) is 46. The van der Waals surface area contributed by atoms with Crippen LogP contribution in [0.3, 0.4) is 0 Å². The van der Waals surface area contributed by atoms with Crippen molar-refractivity contribution >= 4 is 39.5 Å². The summed E-state index contributed by atoms with van der Waals surface area (Å²) < 4.78 is 68.5. The van der Waals surface area contributed by atoms with Gasteiger partial charge in [0.25, 0.3) is 0 Å². The highest BCUT2D eigenvalue weighted by atomic mass is 31.2. The van der Waals surface area contributed by atoms with Crippen LogP contribution in [0.25, 0.3) is 0 Å². The lowest BCUT2D eigenvalue weighted by atomic mass is 10.0. The Labute approximate surface area is 599 Å². The molecule has 19 heteroatoms. The molecule has 0 aromatic heterocycles. The van der Waals surface area contributed by atoms with Gasteiger partial charge in [-0.15, -0.1) is 0 Å². The van der Waals surface area contributed by atoms with Crippen molar-refractivity contribution in [2.75, 3.05) is 39.6 Å². The highest BCUT2D eigenvalue weighted by Crippen LogP contribution is 2.45. The molecule has 0 fully saturated rings. The summed E-state index contributed by atoms with van der Waals surface area (Å²) in [4.78, 5) is 72.9. The molecule has 0 amide bonds. The van der Waals surface area contributed by atoms with E-state index in [4.69, 9.17) is 37.0 Å². The van der Waals surface area contributed by atoms with Crippen LogP contribution in [-0.4, -0.2) is 96.7 Å². The van der Waals surface area contributed by atoms with Gasteiger partial charge < -0.3 is 33.8 Å². The third-order valence-corrected chi connectivity index (χ3v) is 19.8. The third kappa shape index (κ3) is 71.9. The number of hydrogen-bond acceptors (Lipinski definition) is 15. The van der Waals surface area contributed by atoms with Gasteiger partial charge in [-0.05, 0) is 57.3 Å². The largest absolute Gasteiger partial charge is 0.472 e. The van der Waals surface area contributed by atoms with Gasteiger partial charge in [-0.2, -0.15) is 0 Å². The molecule has 0 spiro atoms. The Morgan fingerprint density at radius 1 is 0.316 bits per heavy atom. The van der Waals surface area contributed by atoms with E-state index < -0.39 is 97.5 Å². The van der Waals surface area contributed by atoms with Gasteiger partial charge in [0.1, 0.15) is 19.3 Å². The second kappa shape index (κ2) is 71.5. The Morgan fingerprint density at radius 3 is 0.837 bits per heavy atom. The zero-order valence-electron chi connectivity index (χ0n) is 63.4. The van der Waals surface area contributed by atoms with Crippen LogP contribution in [0.15, 0.2) is 24.3 Å². The first-order chi connectivity index (χ1) is 47.5. The first kappa shape index (κ1) is 95.5. The van der Waals surface area contributed by atoms with Crippen LogP contribution >= 0.6 is 15.6 Å². The lowest BCUT2D eigenvalue weighted by molar-refractivity contribution is -0.161. The first-order valence-corrected chi connectivity index (χ1v) is 43.4. The minimum atomic E-state index is -4.97. The van der Waals surface area contributed by atoms with Crippen molar-refractivity contribution in [2.24, 2.45) is 5.92 Å². The van der Waals surface area contributed by atoms with Crippen LogP contribution in [0.5, 0.6) is 0 Å². The summed E-state index contributed by atoms with van der Waals surface area (Å²) in [5, 5.41) is 10.6. The Morgan fingerprint density at radius 2 is 0.551 bits per heavy atom. The predicted molar refractivity (Wildman–Crippen MR) is 400 cm³/mol. The van der Waals surface area contributed by atoms with E-state index in [1.165, 1.54) is 199 Å². The van der Waals surface area contributed by atoms with E-state index in [9.17, 15) is 43.2 Å². The molecule has 0 saturated carbocycles. The number of rotatable bonds is 77. The van der Waals surface area contributed by atoms with Gasteiger partial charge in [-0.1, -0.05) is 341 Å². The molecular weight excluding hydrogens is 1280 g/mol. The highest BCUT2D eigenvalue weighted by molar-refractivity contribution is 7.47. The molecule has 0 aromatic carbocycles. The fraction of sp³-hybridized carbons (Fsp3) is 0.899. The Balaban J connectivity index is 5.25. The van der Waals surface area contributed by atoms with Crippen molar-refractivity contribution < 1.29 is 80.2 Å². The van der Waals surface area contributed by atoms with E-state index in [0.29, 0.717) is 25.7 Å². The minimum Gasteiger partial charge on any atom is -0.462 e. The summed E-state index contributed by atoms with van der Waals surface area (Å²) in [5.74, 6) is -1.38. The quantitative estimate of drug-likeness (QED) is 0.0169. The molecule has 98 heavy (non-hydrogen) atoms. The number of phosphoric acid groups is 2. The monoisotopic (exact) mass is 1430 g/mol. The van der Waals surface area contributed by atoms with E-state index in [1.807, 2.05) is 0 Å². The van der Waals surface area contributed by atoms with E-state index in [2.05, 4.69) is 58.9 Å². The van der Waals surface area contributed by atoms with Crippen molar-refractivity contribution in [1.29, 1.82) is 0 Å². The lowest BCUT2D eigenvalue weighted by Gasteiger charge is -2.21. The maximum absolute atomic E-state index is 13.1. The van der Waals surface area contributed by atoms with Gasteiger partial charge >= 0.3 is 39.5 Å². The topological polar surface area (TPSA) is 237 Å². The van der Waals surface area contributed by atoms with E-state index in [1.54, 1.807) is 0 Å². The first-order valence-electron chi connectivity index (χ1n) is 40.5. The van der Waals surface area contributed by atoms with Crippen molar-refractivity contribution in [3.8, 4) is 0 Å². The van der Waals surface area contributed by atoms with Gasteiger partial charge in [-0.25, -0.2) is 9.13 Å². The standard InChI is InChI=1S/C79H150O17P2/c1-6-9-12-15-18-21-23-25-27-28-29-30-31-33-35-39-44-49-54-59-64-78(83)96-75(69-90-77(82)63-58-53-48-43-38-34-32-26-24-22-19-16-13-10-7-2)71-94-98(87,88)92-67-73(80)66-91-97(85,86)93-70-74(68-89-76(81)62-57-52-47-41-20-17-14-11-8-3)95-79(84)65-60-55-50-45-40-36-37-42-46-51-56-61-72(4)5/h22,24,26,32,72-75,80H,6-21,23,25,27-31,33-71H2,1-5H3,(H,85,86)(H,87,88)/b24-22-,32-26-/t73-,74+,75+/m0/s1. The van der Waals surface area contributed by atoms with Crippen molar-refractivity contribution in [1.82, 2.24) is 0 Å². The molecular formula is C79H150O17P2. The van der Waals surface area contributed by atoms with Crippen LogP contribution in [0.2, 0.25) is 0 Å². The molecule has 0 bridgehead atoms. The van der Waals surface area contributed by atoms with E-state index in [0.717, 1.165) is 115 Å². The summed E-state index contributed by atoms with van der Waals surface area (Å²) in [5.41, 5.74) is 0. The number of allylic oxidation sites excluding steroid dienone is 4. The average Bonchev–Trinajstić information content (AvgIpc) is 1.03. The molecule has 0 aliphatic carbocycles. The number of aliphatic hydroxyl groups excluding tert-OH is 1. The van der Waals surface area contributed by atoms with Crippen LogP contribution in [0.4, 0.5) is 0 Å². The van der Waals surface area contributed by atoms with Gasteiger partial charge in [0.05, 0.1) is 26.4 Å². The summed E-state index contributed by atoms with van der Waals surface area (Å²) in [6.07, 6.45) is 64.7. The maximum Gasteiger partial charge on any atom is 0.472 e. The zero-order valence-corrected chi connectivity index (χ0v) is 65.2. The maximum atomic E-state index is 13.1. The van der Waals surface area contributed by atoms with Gasteiger partial charge in [0.15, 0.2) is 12.2 Å². The summed E-state index contributed by atoms with van der Waals surface area (Å²) >= 11 is 0. The molecule has 5 atom stereocenters. The Bertz CT molecular complexity index is 1970. The Hall–Kier alpha value is -2.46. The van der Waals surface area contributed by atoms with Crippen LogP contribution in [0.1, 0.15) is 394 Å². The van der Waals surface area contributed by atoms with Crippen LogP contribution in [-0.2, 0) is 65.4 Å². The summed E-state index contributed by atoms with van der Waals surface area (Å²) in [7, 11) is -9.92. The number of carbonyl (C=O) groups excluding carboxylic acids is 4. The van der Waals surface area contributed by atoms with Crippen molar-refractivity contribution in [3.63, 3.8) is 0 Å². The molecule has 0 aliphatic heterocycles. The minimum absolute atomic E-state index is 0.102. The molecule has 0 aliphatic rings. The molecule has 2 unspecified atom stereocenters. The molecule has 0 aromatic rings. The molecule has 0 saturated heterocycles. The number of phosphoric ester groups is 2. The number of carbonyl (C=O) groups is 4. The molecule has 0 heterocycles. The Kier molecular flexibility index (Phi) is 69.7. The average molecular weight is 1430 g/mol. The van der Waals surface area contributed by atoms with Crippen LogP contribution < -0.4 is 0 Å². The van der Waals surface area contributed by atoms with Gasteiger partial charge in [0.2, 0.25) is 0 Å². The van der Waals surface area contributed by atoms with E-state index >= 15 is 0 Å². The number of aliphatic hydroxyl groups is 1. The van der Waals surface area contributed by atoms with E-state index in [-0.39, 0.29) is 25.7 Å². The lowest BCUT2D eigenvalue weighted by Crippen LogP contribution is -2.30. The molecule has 0 rings (SSSR count). The molecule has 578 valence electrons. The normalized spacial score (nSPS) is 14.1. The number of hydrogen-bond donors (Lipinski definition) is 3. The van der Waals surface area contributed by atoms with Crippen LogP contribution in [0, 0.1) is 5.92 Å².